The first kappa shape index (κ1) is 13.4. The van der Waals surface area contributed by atoms with Gasteiger partial charge in [-0.15, -0.1) is 0 Å². The number of urea groups is 1. The molecule has 3 amide bonds. The standard InChI is InChI=1S/C14H19N3O2/c1-2-8-15-14(19)16-11-5-3-6-12(10-11)17-9-4-7-13(17)18/h3,5-6,10H,2,4,7-9H2,1H3,(H2,15,16,19). The zero-order valence-corrected chi connectivity index (χ0v) is 11.1. The fraction of sp³-hybridized carbons (Fsp3) is 0.429. The Labute approximate surface area is 113 Å². The van der Waals surface area contributed by atoms with Crippen molar-refractivity contribution >= 4 is 23.3 Å². The van der Waals surface area contributed by atoms with Crippen molar-refractivity contribution < 1.29 is 9.59 Å². The molecule has 0 aromatic heterocycles. The van der Waals surface area contributed by atoms with E-state index in [2.05, 4.69) is 10.6 Å². The van der Waals surface area contributed by atoms with E-state index in [1.807, 2.05) is 31.2 Å². The van der Waals surface area contributed by atoms with E-state index < -0.39 is 0 Å². The third-order valence-electron chi connectivity index (χ3n) is 3.02. The Morgan fingerprint density at radius 2 is 2.26 bits per heavy atom. The molecule has 1 heterocycles. The maximum absolute atomic E-state index is 11.7. The number of hydrogen-bond donors (Lipinski definition) is 2. The Morgan fingerprint density at radius 1 is 1.42 bits per heavy atom. The van der Waals surface area contributed by atoms with Gasteiger partial charge >= 0.3 is 6.03 Å². The lowest BCUT2D eigenvalue weighted by Crippen LogP contribution is -2.29. The monoisotopic (exact) mass is 261 g/mol. The first-order valence-electron chi connectivity index (χ1n) is 6.66. The molecule has 0 bridgehead atoms. The number of nitrogens with one attached hydrogen (secondary N) is 2. The summed E-state index contributed by atoms with van der Waals surface area (Å²) in [6.45, 7) is 3.40. The number of carbonyl (C=O) groups excluding carboxylic acids is 2. The summed E-state index contributed by atoms with van der Waals surface area (Å²) in [5, 5.41) is 5.52. The minimum absolute atomic E-state index is 0.146. The van der Waals surface area contributed by atoms with Crippen molar-refractivity contribution in [2.24, 2.45) is 0 Å². The Kier molecular flexibility index (Phi) is 4.39. The molecule has 5 heteroatoms. The van der Waals surface area contributed by atoms with E-state index in [1.165, 1.54) is 0 Å². The van der Waals surface area contributed by atoms with Gasteiger partial charge in [-0.05, 0) is 31.0 Å². The van der Waals surface area contributed by atoms with Gasteiger partial charge in [-0.1, -0.05) is 13.0 Å². The van der Waals surface area contributed by atoms with E-state index in [4.69, 9.17) is 0 Å². The Morgan fingerprint density at radius 3 is 2.95 bits per heavy atom. The van der Waals surface area contributed by atoms with Gasteiger partial charge in [0.05, 0.1) is 0 Å². The first-order chi connectivity index (χ1) is 9.20. The summed E-state index contributed by atoms with van der Waals surface area (Å²) in [5.41, 5.74) is 1.54. The normalized spacial score (nSPS) is 14.6. The zero-order valence-electron chi connectivity index (χ0n) is 11.1. The highest BCUT2D eigenvalue weighted by Crippen LogP contribution is 2.24. The summed E-state index contributed by atoms with van der Waals surface area (Å²) in [7, 11) is 0. The Hall–Kier alpha value is -2.04. The lowest BCUT2D eigenvalue weighted by Gasteiger charge is -2.16. The molecule has 1 aliphatic rings. The van der Waals surface area contributed by atoms with E-state index in [9.17, 15) is 9.59 Å². The van der Waals surface area contributed by atoms with Crippen LogP contribution in [0.4, 0.5) is 16.2 Å². The molecule has 19 heavy (non-hydrogen) atoms. The molecule has 1 aliphatic heterocycles. The van der Waals surface area contributed by atoms with Gasteiger partial charge in [0.2, 0.25) is 5.91 Å². The van der Waals surface area contributed by atoms with E-state index in [0.29, 0.717) is 18.7 Å². The van der Waals surface area contributed by atoms with E-state index in [0.717, 1.165) is 25.1 Å². The van der Waals surface area contributed by atoms with E-state index in [1.54, 1.807) is 4.90 Å². The summed E-state index contributed by atoms with van der Waals surface area (Å²) in [5.74, 6) is 0.146. The third-order valence-corrected chi connectivity index (χ3v) is 3.02. The van der Waals surface area contributed by atoms with Crippen molar-refractivity contribution in [2.75, 3.05) is 23.3 Å². The van der Waals surface area contributed by atoms with Gasteiger partial charge in [0.15, 0.2) is 0 Å². The van der Waals surface area contributed by atoms with Gasteiger partial charge in [0.1, 0.15) is 0 Å². The number of rotatable bonds is 4. The molecule has 5 nitrogen and oxygen atoms in total. The summed E-state index contributed by atoms with van der Waals surface area (Å²) in [4.78, 5) is 25.0. The largest absolute Gasteiger partial charge is 0.338 e. The molecule has 0 saturated carbocycles. The SMILES string of the molecule is CCCNC(=O)Nc1cccc(N2CCCC2=O)c1. The predicted molar refractivity (Wildman–Crippen MR) is 75.3 cm³/mol. The van der Waals surface area contributed by atoms with Crippen LogP contribution >= 0.6 is 0 Å². The second-order valence-corrected chi connectivity index (χ2v) is 4.58. The van der Waals surface area contributed by atoms with Crippen molar-refractivity contribution in [3.63, 3.8) is 0 Å². The molecule has 1 saturated heterocycles. The number of nitrogens with zero attached hydrogens (tertiary/aromatic N) is 1. The molecular formula is C14H19N3O2. The first-order valence-corrected chi connectivity index (χ1v) is 6.66. The van der Waals surface area contributed by atoms with Crippen LogP contribution in [0.1, 0.15) is 26.2 Å². The van der Waals surface area contributed by atoms with Crippen LogP contribution in [0.5, 0.6) is 0 Å². The minimum atomic E-state index is -0.216. The lowest BCUT2D eigenvalue weighted by atomic mass is 10.2. The second-order valence-electron chi connectivity index (χ2n) is 4.58. The third kappa shape index (κ3) is 3.47. The van der Waals surface area contributed by atoms with Crippen LogP contribution in [0.2, 0.25) is 0 Å². The minimum Gasteiger partial charge on any atom is -0.338 e. The quantitative estimate of drug-likeness (QED) is 0.874. The highest BCUT2D eigenvalue weighted by Gasteiger charge is 2.21. The number of hydrogen-bond acceptors (Lipinski definition) is 2. The maximum atomic E-state index is 11.7. The van der Waals surface area contributed by atoms with Crippen LogP contribution in [0.25, 0.3) is 0 Å². The molecule has 0 unspecified atom stereocenters. The number of carbonyl (C=O) groups is 2. The number of benzene rings is 1. The van der Waals surface area contributed by atoms with Gasteiger partial charge in [0, 0.05) is 30.9 Å². The van der Waals surface area contributed by atoms with Gasteiger partial charge in [0.25, 0.3) is 0 Å². The number of amides is 3. The Bertz CT molecular complexity index is 474. The molecule has 2 rings (SSSR count). The molecular weight excluding hydrogens is 242 g/mol. The van der Waals surface area contributed by atoms with Crippen LogP contribution < -0.4 is 15.5 Å². The number of anilines is 2. The maximum Gasteiger partial charge on any atom is 0.319 e. The molecule has 0 aliphatic carbocycles. The van der Waals surface area contributed by atoms with Crippen LogP contribution in [0.3, 0.4) is 0 Å². The van der Waals surface area contributed by atoms with Crippen LogP contribution in [-0.2, 0) is 4.79 Å². The second kappa shape index (κ2) is 6.22. The van der Waals surface area contributed by atoms with Crippen LogP contribution in [0, 0.1) is 0 Å². The average Bonchev–Trinajstić information content (AvgIpc) is 2.83. The Balaban J connectivity index is 2.02. The van der Waals surface area contributed by atoms with Gasteiger partial charge in [-0.25, -0.2) is 4.79 Å². The van der Waals surface area contributed by atoms with Gasteiger partial charge in [-0.2, -0.15) is 0 Å². The molecule has 0 spiro atoms. The van der Waals surface area contributed by atoms with E-state index in [-0.39, 0.29) is 11.9 Å². The van der Waals surface area contributed by atoms with E-state index >= 15 is 0 Å². The molecule has 102 valence electrons. The molecule has 1 fully saturated rings. The molecule has 1 aromatic rings. The van der Waals surface area contributed by atoms with Crippen molar-refractivity contribution in [3.05, 3.63) is 24.3 Å². The summed E-state index contributed by atoms with van der Waals surface area (Å²) < 4.78 is 0. The van der Waals surface area contributed by atoms with Crippen molar-refractivity contribution in [2.45, 2.75) is 26.2 Å². The average molecular weight is 261 g/mol. The van der Waals surface area contributed by atoms with Gasteiger partial charge in [-0.3, -0.25) is 4.79 Å². The van der Waals surface area contributed by atoms with Crippen molar-refractivity contribution in [3.8, 4) is 0 Å². The van der Waals surface area contributed by atoms with Crippen molar-refractivity contribution in [1.82, 2.24) is 5.32 Å². The zero-order chi connectivity index (χ0) is 13.7. The highest BCUT2D eigenvalue weighted by atomic mass is 16.2. The lowest BCUT2D eigenvalue weighted by molar-refractivity contribution is -0.117. The molecule has 2 N–H and O–H groups in total. The fourth-order valence-corrected chi connectivity index (χ4v) is 2.09. The summed E-state index contributed by atoms with van der Waals surface area (Å²) in [6, 6.07) is 7.16. The van der Waals surface area contributed by atoms with Crippen LogP contribution in [0.15, 0.2) is 24.3 Å². The van der Waals surface area contributed by atoms with Crippen molar-refractivity contribution in [1.29, 1.82) is 0 Å². The molecule has 1 aromatic carbocycles. The molecule has 0 atom stereocenters. The topological polar surface area (TPSA) is 61.4 Å². The van der Waals surface area contributed by atoms with Crippen LogP contribution in [-0.4, -0.2) is 25.0 Å². The van der Waals surface area contributed by atoms with Gasteiger partial charge < -0.3 is 15.5 Å². The summed E-state index contributed by atoms with van der Waals surface area (Å²) >= 11 is 0. The highest BCUT2D eigenvalue weighted by molar-refractivity contribution is 5.96. The smallest absolute Gasteiger partial charge is 0.319 e. The summed E-state index contributed by atoms with van der Waals surface area (Å²) in [6.07, 6.45) is 2.40. The fourth-order valence-electron chi connectivity index (χ4n) is 2.09. The predicted octanol–water partition coefficient (Wildman–Crippen LogP) is 2.34. The molecule has 0 radical (unpaired) electrons.